The smallest absolute Gasteiger partial charge is 0.394 e. The normalized spacial score (nSPS) is 13.1. The Morgan fingerprint density at radius 1 is 1.05 bits per heavy atom. The summed E-state index contributed by atoms with van der Waals surface area (Å²) in [6.45, 7) is -0.110. The highest BCUT2D eigenvalue weighted by Gasteiger charge is 2.34. The molecule has 0 aliphatic heterocycles. The largest absolute Gasteiger partial charge is 0.419 e. The van der Waals surface area contributed by atoms with Crippen molar-refractivity contribution < 1.29 is 22.7 Å². The topological polar surface area (TPSA) is 32.3 Å². The van der Waals surface area contributed by atoms with Crippen LogP contribution in [0.1, 0.15) is 22.7 Å². The highest BCUT2D eigenvalue weighted by molar-refractivity contribution is 5.27. The van der Waals surface area contributed by atoms with Gasteiger partial charge in [-0.2, -0.15) is 13.2 Å². The van der Waals surface area contributed by atoms with Crippen molar-refractivity contribution in [1.82, 2.24) is 5.32 Å². The van der Waals surface area contributed by atoms with E-state index in [-0.39, 0.29) is 13.2 Å². The summed E-state index contributed by atoms with van der Waals surface area (Å²) in [5.41, 5.74) is -0.168. The van der Waals surface area contributed by atoms with Crippen molar-refractivity contribution in [2.24, 2.45) is 0 Å². The molecule has 2 N–H and O–H groups in total. The molecule has 2 nitrogen and oxygen atoms in total. The summed E-state index contributed by atoms with van der Waals surface area (Å²) in [4.78, 5) is 0. The number of hydrogen-bond acceptors (Lipinski definition) is 2. The van der Waals surface area contributed by atoms with Crippen LogP contribution < -0.4 is 5.32 Å². The van der Waals surface area contributed by atoms with Gasteiger partial charge in [-0.05, 0) is 23.3 Å². The van der Waals surface area contributed by atoms with Crippen LogP contribution in [-0.2, 0) is 12.7 Å². The molecule has 2 aromatic carbocycles. The second-order valence-electron chi connectivity index (χ2n) is 4.84. The summed E-state index contributed by atoms with van der Waals surface area (Å²) in [5.74, 6) is -1.29. The molecule has 0 spiro atoms. The fourth-order valence-electron chi connectivity index (χ4n) is 2.11. The van der Waals surface area contributed by atoms with Crippen molar-refractivity contribution in [1.29, 1.82) is 0 Å². The van der Waals surface area contributed by atoms with Crippen molar-refractivity contribution >= 4 is 0 Å². The van der Waals surface area contributed by atoms with E-state index in [0.717, 1.165) is 17.7 Å². The zero-order valence-corrected chi connectivity index (χ0v) is 11.6. The third-order valence-electron chi connectivity index (χ3n) is 3.27. The first-order chi connectivity index (χ1) is 10.4. The van der Waals surface area contributed by atoms with Crippen LogP contribution in [0, 0.1) is 5.82 Å². The molecule has 1 atom stereocenters. The van der Waals surface area contributed by atoms with Crippen LogP contribution in [0.25, 0.3) is 0 Å². The Bertz CT molecular complexity index is 613. The van der Waals surface area contributed by atoms with Gasteiger partial charge < -0.3 is 10.4 Å². The lowest BCUT2D eigenvalue weighted by Gasteiger charge is -2.17. The Labute approximate surface area is 125 Å². The Balaban J connectivity index is 2.11. The molecular formula is C16H15F4NO. The zero-order valence-electron chi connectivity index (χ0n) is 11.6. The highest BCUT2D eigenvalue weighted by atomic mass is 19.4. The molecule has 0 saturated heterocycles. The maximum absolute atomic E-state index is 13.2. The van der Waals surface area contributed by atoms with Crippen molar-refractivity contribution in [2.75, 3.05) is 6.61 Å². The predicted molar refractivity (Wildman–Crippen MR) is 74.5 cm³/mol. The van der Waals surface area contributed by atoms with Crippen LogP contribution in [-0.4, -0.2) is 11.7 Å². The van der Waals surface area contributed by atoms with E-state index in [9.17, 15) is 22.7 Å². The number of halogens is 4. The lowest BCUT2D eigenvalue weighted by Crippen LogP contribution is -2.24. The maximum atomic E-state index is 13.2. The van der Waals surface area contributed by atoms with E-state index in [2.05, 4.69) is 5.32 Å². The van der Waals surface area contributed by atoms with E-state index in [1.165, 1.54) is 6.07 Å². The van der Waals surface area contributed by atoms with Gasteiger partial charge in [0.25, 0.3) is 0 Å². The monoisotopic (exact) mass is 313 g/mol. The first-order valence-electron chi connectivity index (χ1n) is 6.66. The summed E-state index contributed by atoms with van der Waals surface area (Å²) in [6, 6.07) is 11.5. The third-order valence-corrected chi connectivity index (χ3v) is 3.27. The van der Waals surface area contributed by atoms with Gasteiger partial charge >= 0.3 is 6.18 Å². The molecular weight excluding hydrogens is 298 g/mol. The van der Waals surface area contributed by atoms with Crippen LogP contribution in [0.4, 0.5) is 17.6 Å². The molecule has 2 aromatic rings. The predicted octanol–water partition coefficient (Wildman–Crippen LogP) is 3.67. The number of alkyl halides is 3. The van der Waals surface area contributed by atoms with Gasteiger partial charge in [-0.1, -0.05) is 36.4 Å². The summed E-state index contributed by atoms with van der Waals surface area (Å²) >= 11 is 0. The van der Waals surface area contributed by atoms with Crippen molar-refractivity contribution in [2.45, 2.75) is 18.8 Å². The molecule has 0 aliphatic rings. The SMILES string of the molecule is OC[C@@H](NCc1ccc(F)c(C(F)(F)F)c1)c1ccccc1. The van der Waals surface area contributed by atoms with Crippen LogP contribution >= 0.6 is 0 Å². The van der Waals surface area contributed by atoms with E-state index < -0.39 is 23.6 Å². The number of rotatable bonds is 5. The number of aliphatic hydroxyl groups is 1. The summed E-state index contributed by atoms with van der Waals surface area (Å²) in [6.07, 6.45) is -4.73. The Morgan fingerprint density at radius 2 is 1.73 bits per heavy atom. The van der Waals surface area contributed by atoms with Crippen LogP contribution in [0.2, 0.25) is 0 Å². The molecule has 0 aliphatic carbocycles. The molecule has 0 aromatic heterocycles. The van der Waals surface area contributed by atoms with Gasteiger partial charge in [0, 0.05) is 6.54 Å². The minimum absolute atomic E-state index is 0.0868. The number of nitrogens with one attached hydrogen (secondary N) is 1. The molecule has 0 heterocycles. The summed E-state index contributed by atoms with van der Waals surface area (Å²) < 4.78 is 51.2. The van der Waals surface area contributed by atoms with Crippen LogP contribution in [0.5, 0.6) is 0 Å². The molecule has 118 valence electrons. The Kier molecular flexibility index (Phi) is 5.15. The van der Waals surface area contributed by atoms with Gasteiger partial charge in [0.15, 0.2) is 0 Å². The van der Waals surface area contributed by atoms with Gasteiger partial charge in [-0.3, -0.25) is 0 Å². The molecule has 22 heavy (non-hydrogen) atoms. The second-order valence-corrected chi connectivity index (χ2v) is 4.84. The Hall–Kier alpha value is -1.92. The molecule has 0 fully saturated rings. The fourth-order valence-corrected chi connectivity index (χ4v) is 2.11. The fraction of sp³-hybridized carbons (Fsp3) is 0.250. The minimum atomic E-state index is -4.73. The van der Waals surface area contributed by atoms with E-state index in [1.807, 2.05) is 6.07 Å². The second kappa shape index (κ2) is 6.89. The van der Waals surface area contributed by atoms with E-state index >= 15 is 0 Å². The molecule has 6 heteroatoms. The molecule has 0 bridgehead atoms. The zero-order chi connectivity index (χ0) is 16.2. The third kappa shape index (κ3) is 4.05. The minimum Gasteiger partial charge on any atom is -0.394 e. The van der Waals surface area contributed by atoms with Gasteiger partial charge in [-0.15, -0.1) is 0 Å². The van der Waals surface area contributed by atoms with E-state index in [0.29, 0.717) is 5.56 Å². The molecule has 2 rings (SSSR count). The van der Waals surface area contributed by atoms with Crippen molar-refractivity contribution in [3.05, 3.63) is 71.0 Å². The standard InChI is InChI=1S/C16H15F4NO/c17-14-7-6-11(8-13(14)16(18,19)20)9-21-15(10-22)12-4-2-1-3-5-12/h1-8,15,21-22H,9-10H2/t15-/m1/s1. The molecule has 0 unspecified atom stereocenters. The first-order valence-corrected chi connectivity index (χ1v) is 6.66. The average Bonchev–Trinajstić information content (AvgIpc) is 2.49. The van der Waals surface area contributed by atoms with Gasteiger partial charge in [0.1, 0.15) is 5.82 Å². The molecule has 0 radical (unpaired) electrons. The summed E-state index contributed by atoms with van der Waals surface area (Å²) in [7, 11) is 0. The lowest BCUT2D eigenvalue weighted by molar-refractivity contribution is -0.140. The highest BCUT2D eigenvalue weighted by Crippen LogP contribution is 2.32. The number of aliphatic hydroxyl groups excluding tert-OH is 1. The van der Waals surface area contributed by atoms with Crippen molar-refractivity contribution in [3.8, 4) is 0 Å². The Morgan fingerprint density at radius 3 is 2.32 bits per heavy atom. The van der Waals surface area contributed by atoms with Gasteiger partial charge in [-0.25, -0.2) is 4.39 Å². The number of hydrogen-bond donors (Lipinski definition) is 2. The molecule has 0 saturated carbocycles. The van der Waals surface area contributed by atoms with Gasteiger partial charge in [0.05, 0.1) is 18.2 Å². The van der Waals surface area contributed by atoms with Crippen LogP contribution in [0.15, 0.2) is 48.5 Å². The quantitative estimate of drug-likeness (QED) is 0.826. The maximum Gasteiger partial charge on any atom is 0.419 e. The summed E-state index contributed by atoms with van der Waals surface area (Å²) in [5, 5.41) is 12.3. The average molecular weight is 313 g/mol. The van der Waals surface area contributed by atoms with Crippen molar-refractivity contribution in [3.63, 3.8) is 0 Å². The molecule has 0 amide bonds. The lowest BCUT2D eigenvalue weighted by atomic mass is 10.1. The number of benzene rings is 2. The van der Waals surface area contributed by atoms with E-state index in [4.69, 9.17) is 0 Å². The van der Waals surface area contributed by atoms with Crippen LogP contribution in [0.3, 0.4) is 0 Å². The van der Waals surface area contributed by atoms with E-state index in [1.54, 1.807) is 24.3 Å². The first kappa shape index (κ1) is 16.5. The van der Waals surface area contributed by atoms with Gasteiger partial charge in [0.2, 0.25) is 0 Å².